The Balaban J connectivity index is 1.82. The molecule has 3 N–H and O–H groups in total. The van der Waals surface area contributed by atoms with E-state index in [1.807, 2.05) is 0 Å². The Morgan fingerprint density at radius 2 is 2.13 bits per heavy atom. The molecule has 3 heteroatoms. The third-order valence-electron chi connectivity index (χ3n) is 4.17. The third-order valence-corrected chi connectivity index (χ3v) is 4.17. The van der Waals surface area contributed by atoms with E-state index in [-0.39, 0.29) is 5.54 Å². The molecule has 0 aromatic carbocycles. The molecule has 15 heavy (non-hydrogen) atoms. The zero-order valence-electron chi connectivity index (χ0n) is 9.96. The Morgan fingerprint density at radius 1 is 1.40 bits per heavy atom. The second-order valence-electron chi connectivity index (χ2n) is 5.51. The number of nitrogens with one attached hydrogen (secondary N) is 1. The summed E-state index contributed by atoms with van der Waals surface area (Å²) in [4.78, 5) is 0. The second-order valence-corrected chi connectivity index (χ2v) is 5.51. The van der Waals surface area contributed by atoms with Crippen LogP contribution in [0.15, 0.2) is 0 Å². The molecular formula is C12H24N2O. The summed E-state index contributed by atoms with van der Waals surface area (Å²) in [7, 11) is 1.79. The van der Waals surface area contributed by atoms with Gasteiger partial charge in [0, 0.05) is 25.2 Å². The molecule has 0 aromatic rings. The average Bonchev–Trinajstić information content (AvgIpc) is 2.57. The molecule has 0 heterocycles. The summed E-state index contributed by atoms with van der Waals surface area (Å²) in [5.41, 5.74) is 6.07. The first kappa shape index (κ1) is 11.4. The Labute approximate surface area is 92.7 Å². The van der Waals surface area contributed by atoms with Crippen LogP contribution in [0.3, 0.4) is 0 Å². The van der Waals surface area contributed by atoms with Crippen molar-refractivity contribution in [3.63, 3.8) is 0 Å². The summed E-state index contributed by atoms with van der Waals surface area (Å²) in [6.07, 6.45) is 6.61. The Morgan fingerprint density at radius 3 is 2.60 bits per heavy atom. The lowest BCUT2D eigenvalue weighted by Crippen LogP contribution is -2.64. The summed E-state index contributed by atoms with van der Waals surface area (Å²) >= 11 is 0. The highest BCUT2D eigenvalue weighted by molar-refractivity contribution is 5.04. The molecule has 0 aliphatic heterocycles. The van der Waals surface area contributed by atoms with Crippen LogP contribution in [0.2, 0.25) is 0 Å². The van der Waals surface area contributed by atoms with Gasteiger partial charge in [0.2, 0.25) is 0 Å². The minimum Gasteiger partial charge on any atom is -0.381 e. The van der Waals surface area contributed by atoms with Crippen LogP contribution in [0.4, 0.5) is 0 Å². The molecule has 2 atom stereocenters. The van der Waals surface area contributed by atoms with E-state index < -0.39 is 0 Å². The van der Waals surface area contributed by atoms with E-state index in [4.69, 9.17) is 10.5 Å². The van der Waals surface area contributed by atoms with Crippen LogP contribution in [0.25, 0.3) is 0 Å². The van der Waals surface area contributed by atoms with Crippen molar-refractivity contribution >= 4 is 0 Å². The fourth-order valence-corrected chi connectivity index (χ4v) is 3.09. The van der Waals surface area contributed by atoms with Gasteiger partial charge in [0.15, 0.2) is 0 Å². The first-order valence-electron chi connectivity index (χ1n) is 6.18. The van der Waals surface area contributed by atoms with Gasteiger partial charge in [-0.15, -0.1) is 0 Å². The maximum atomic E-state index is 5.88. The highest BCUT2D eigenvalue weighted by Crippen LogP contribution is 2.36. The van der Waals surface area contributed by atoms with Crippen molar-refractivity contribution in [2.24, 2.45) is 11.7 Å². The first-order chi connectivity index (χ1) is 7.17. The van der Waals surface area contributed by atoms with Gasteiger partial charge in [-0.25, -0.2) is 0 Å². The van der Waals surface area contributed by atoms with Crippen LogP contribution in [0.1, 0.15) is 39.0 Å². The molecule has 0 amide bonds. The fraction of sp³-hybridized carbons (Fsp3) is 1.00. The Bertz CT molecular complexity index is 214. The van der Waals surface area contributed by atoms with Crippen molar-refractivity contribution in [3.05, 3.63) is 0 Å². The van der Waals surface area contributed by atoms with Crippen molar-refractivity contribution in [1.82, 2.24) is 5.32 Å². The molecule has 0 spiro atoms. The molecular weight excluding hydrogens is 188 g/mol. The lowest BCUT2D eigenvalue weighted by atomic mass is 9.73. The summed E-state index contributed by atoms with van der Waals surface area (Å²) < 4.78 is 5.33. The normalized spacial score (nSPS) is 45.4. The highest BCUT2D eigenvalue weighted by Gasteiger charge is 2.45. The summed E-state index contributed by atoms with van der Waals surface area (Å²) in [5, 5.41) is 3.77. The molecule has 2 fully saturated rings. The number of nitrogens with two attached hydrogens (primary N) is 1. The number of hydrogen-bond acceptors (Lipinski definition) is 3. The van der Waals surface area contributed by atoms with Gasteiger partial charge < -0.3 is 15.8 Å². The highest BCUT2D eigenvalue weighted by atomic mass is 16.5. The van der Waals surface area contributed by atoms with Crippen molar-refractivity contribution in [2.45, 2.75) is 56.7 Å². The predicted octanol–water partition coefficient (Wildman–Crippen LogP) is 1.27. The molecule has 0 radical (unpaired) electrons. The lowest BCUT2D eigenvalue weighted by Gasteiger charge is -2.48. The molecule has 88 valence electrons. The zero-order valence-corrected chi connectivity index (χ0v) is 9.96. The maximum absolute atomic E-state index is 5.88. The predicted molar refractivity (Wildman–Crippen MR) is 61.8 cm³/mol. The maximum Gasteiger partial charge on any atom is 0.0607 e. The Kier molecular flexibility index (Phi) is 3.33. The molecule has 0 aromatic heterocycles. The monoisotopic (exact) mass is 212 g/mol. The van der Waals surface area contributed by atoms with Gasteiger partial charge in [-0.3, -0.25) is 0 Å². The van der Waals surface area contributed by atoms with E-state index in [9.17, 15) is 0 Å². The van der Waals surface area contributed by atoms with E-state index in [1.165, 1.54) is 19.3 Å². The SMILES string of the molecule is COC1CC(CN)(NC2CCC(C)C2)C1. The van der Waals surface area contributed by atoms with Gasteiger partial charge >= 0.3 is 0 Å². The third kappa shape index (κ3) is 2.35. The van der Waals surface area contributed by atoms with E-state index in [1.54, 1.807) is 7.11 Å². The van der Waals surface area contributed by atoms with Gasteiger partial charge in [0.25, 0.3) is 0 Å². The van der Waals surface area contributed by atoms with E-state index in [0.717, 1.165) is 25.3 Å². The van der Waals surface area contributed by atoms with Gasteiger partial charge in [-0.1, -0.05) is 6.92 Å². The van der Waals surface area contributed by atoms with E-state index in [0.29, 0.717) is 12.1 Å². The van der Waals surface area contributed by atoms with Gasteiger partial charge in [-0.2, -0.15) is 0 Å². The number of methoxy groups -OCH3 is 1. The smallest absolute Gasteiger partial charge is 0.0607 e. The minimum absolute atomic E-state index is 0.190. The van der Waals surface area contributed by atoms with Crippen molar-refractivity contribution in [2.75, 3.05) is 13.7 Å². The first-order valence-corrected chi connectivity index (χ1v) is 6.18. The van der Waals surface area contributed by atoms with Crippen LogP contribution < -0.4 is 11.1 Å². The topological polar surface area (TPSA) is 47.3 Å². The van der Waals surface area contributed by atoms with E-state index in [2.05, 4.69) is 12.2 Å². The standard InChI is InChI=1S/C12H24N2O/c1-9-3-4-10(5-9)14-12(8-13)6-11(7-12)15-2/h9-11,14H,3-8,13H2,1-2H3. The van der Waals surface area contributed by atoms with Gasteiger partial charge in [0.1, 0.15) is 0 Å². The molecule has 2 aliphatic carbocycles. The molecule has 2 rings (SSSR count). The largest absolute Gasteiger partial charge is 0.381 e. The van der Waals surface area contributed by atoms with Gasteiger partial charge in [-0.05, 0) is 38.0 Å². The van der Waals surface area contributed by atoms with Crippen LogP contribution in [0.5, 0.6) is 0 Å². The van der Waals surface area contributed by atoms with Crippen LogP contribution >= 0.6 is 0 Å². The summed E-state index contributed by atoms with van der Waals surface area (Å²) in [6.45, 7) is 3.09. The van der Waals surface area contributed by atoms with Crippen molar-refractivity contribution in [1.29, 1.82) is 0 Å². The van der Waals surface area contributed by atoms with Crippen LogP contribution in [0, 0.1) is 5.92 Å². The molecule has 2 saturated carbocycles. The zero-order chi connectivity index (χ0) is 10.9. The quantitative estimate of drug-likeness (QED) is 0.738. The van der Waals surface area contributed by atoms with E-state index >= 15 is 0 Å². The molecule has 0 bridgehead atoms. The number of ether oxygens (including phenoxy) is 1. The van der Waals surface area contributed by atoms with Crippen LogP contribution in [-0.4, -0.2) is 31.3 Å². The molecule has 3 nitrogen and oxygen atoms in total. The fourth-order valence-electron chi connectivity index (χ4n) is 3.09. The van der Waals surface area contributed by atoms with Gasteiger partial charge in [0.05, 0.1) is 6.10 Å². The average molecular weight is 212 g/mol. The minimum atomic E-state index is 0.190. The second kappa shape index (κ2) is 4.40. The molecule has 2 aliphatic rings. The number of hydrogen-bond donors (Lipinski definition) is 2. The lowest BCUT2D eigenvalue weighted by molar-refractivity contribution is -0.0309. The molecule has 2 unspecified atom stereocenters. The summed E-state index contributed by atoms with van der Waals surface area (Å²) in [5.74, 6) is 0.885. The number of rotatable bonds is 4. The van der Waals surface area contributed by atoms with Crippen molar-refractivity contribution in [3.8, 4) is 0 Å². The summed E-state index contributed by atoms with van der Waals surface area (Å²) in [6, 6.07) is 0.696. The Hall–Kier alpha value is -0.120. The molecule has 0 saturated heterocycles. The van der Waals surface area contributed by atoms with Crippen molar-refractivity contribution < 1.29 is 4.74 Å². The van der Waals surface area contributed by atoms with Crippen LogP contribution in [-0.2, 0) is 4.74 Å².